The van der Waals surface area contributed by atoms with Crippen molar-refractivity contribution in [1.82, 2.24) is 4.57 Å². The number of aryl methyl sites for hydroxylation is 1. The molecule has 2 rings (SSSR count). The molecule has 1 heterocycles. The van der Waals surface area contributed by atoms with Gasteiger partial charge in [0.05, 0.1) is 5.41 Å². The Morgan fingerprint density at radius 2 is 1.80 bits per heavy atom. The summed E-state index contributed by atoms with van der Waals surface area (Å²) < 4.78 is 27.3. The molecule has 2 aromatic rings. The monoisotopic (exact) mass is 290 g/mol. The van der Waals surface area contributed by atoms with E-state index in [9.17, 15) is 13.2 Å². The molecule has 0 amide bonds. The molecule has 0 saturated heterocycles. The summed E-state index contributed by atoms with van der Waals surface area (Å²) in [6.45, 7) is 0. The number of nitrogens with one attached hydrogen (secondary N) is 1. The lowest BCUT2D eigenvalue weighted by Crippen LogP contribution is -2.22. The van der Waals surface area contributed by atoms with E-state index in [0.29, 0.717) is 0 Å². The second kappa shape index (κ2) is 5.75. The summed E-state index contributed by atoms with van der Waals surface area (Å²) in [4.78, 5) is 11.7. The van der Waals surface area contributed by atoms with Gasteiger partial charge in [-0.1, -0.05) is 30.3 Å². The SMILES string of the molecule is Cn1cccc(NS(=O)(=O)C=Cc2ccccc2)c1=O. The molecule has 1 aromatic carbocycles. The lowest BCUT2D eigenvalue weighted by molar-refractivity contribution is 0.609. The minimum absolute atomic E-state index is 0.0210. The van der Waals surface area contributed by atoms with E-state index < -0.39 is 15.6 Å². The Bertz CT molecular complexity index is 778. The van der Waals surface area contributed by atoms with Crippen molar-refractivity contribution in [1.29, 1.82) is 0 Å². The highest BCUT2D eigenvalue weighted by atomic mass is 32.2. The van der Waals surface area contributed by atoms with E-state index in [-0.39, 0.29) is 5.69 Å². The highest BCUT2D eigenvalue weighted by molar-refractivity contribution is 7.95. The fourth-order valence-electron chi connectivity index (χ4n) is 1.59. The van der Waals surface area contributed by atoms with Crippen molar-refractivity contribution in [3.63, 3.8) is 0 Å². The number of anilines is 1. The maximum atomic E-state index is 11.9. The second-order valence-corrected chi connectivity index (χ2v) is 5.76. The summed E-state index contributed by atoms with van der Waals surface area (Å²) in [6, 6.07) is 12.1. The Labute approximate surface area is 117 Å². The second-order valence-electron chi connectivity index (χ2n) is 4.20. The van der Waals surface area contributed by atoms with Crippen LogP contribution in [0.2, 0.25) is 0 Å². The number of sulfonamides is 1. The van der Waals surface area contributed by atoms with Crippen LogP contribution in [-0.4, -0.2) is 13.0 Å². The highest BCUT2D eigenvalue weighted by Crippen LogP contribution is 2.06. The van der Waals surface area contributed by atoms with Crippen LogP contribution in [0.4, 0.5) is 5.69 Å². The van der Waals surface area contributed by atoms with Gasteiger partial charge in [-0.25, -0.2) is 8.42 Å². The third kappa shape index (κ3) is 3.58. The number of rotatable bonds is 4. The topological polar surface area (TPSA) is 68.2 Å². The maximum absolute atomic E-state index is 11.9. The Morgan fingerprint density at radius 3 is 2.50 bits per heavy atom. The van der Waals surface area contributed by atoms with Crippen molar-refractivity contribution in [3.8, 4) is 0 Å². The molecule has 0 aliphatic carbocycles. The first-order chi connectivity index (χ1) is 9.48. The minimum atomic E-state index is -3.72. The lowest BCUT2D eigenvalue weighted by atomic mass is 10.2. The van der Waals surface area contributed by atoms with Crippen LogP contribution in [0.15, 0.2) is 58.9 Å². The van der Waals surface area contributed by atoms with Gasteiger partial charge in [0.1, 0.15) is 5.69 Å². The van der Waals surface area contributed by atoms with Gasteiger partial charge in [-0.15, -0.1) is 0 Å². The third-order valence-corrected chi connectivity index (χ3v) is 3.61. The van der Waals surface area contributed by atoms with Crippen molar-refractivity contribution >= 4 is 21.8 Å². The first-order valence-corrected chi connectivity index (χ1v) is 7.44. The number of hydrogen-bond donors (Lipinski definition) is 1. The van der Waals surface area contributed by atoms with E-state index in [0.717, 1.165) is 11.0 Å². The zero-order chi connectivity index (χ0) is 14.6. The summed E-state index contributed by atoms with van der Waals surface area (Å²) in [5.74, 6) is 0. The smallest absolute Gasteiger partial charge is 0.274 e. The molecule has 0 radical (unpaired) electrons. The molecule has 0 aliphatic heterocycles. The van der Waals surface area contributed by atoms with Gasteiger partial charge in [0.2, 0.25) is 0 Å². The van der Waals surface area contributed by atoms with Crippen LogP contribution in [-0.2, 0) is 17.1 Å². The first kappa shape index (κ1) is 14.1. The molecule has 5 nitrogen and oxygen atoms in total. The molecule has 0 fully saturated rings. The number of nitrogens with zero attached hydrogens (tertiary/aromatic N) is 1. The van der Waals surface area contributed by atoms with Crippen molar-refractivity contribution in [2.75, 3.05) is 4.72 Å². The molecule has 0 atom stereocenters. The van der Waals surface area contributed by atoms with Crippen molar-refractivity contribution in [2.24, 2.45) is 7.05 Å². The molecule has 0 bridgehead atoms. The van der Waals surface area contributed by atoms with E-state index in [1.807, 2.05) is 18.2 Å². The molecule has 0 spiro atoms. The van der Waals surface area contributed by atoms with Crippen molar-refractivity contribution in [2.45, 2.75) is 0 Å². The minimum Gasteiger partial charge on any atom is -0.317 e. The molecular formula is C14H14N2O3S. The number of hydrogen-bond acceptors (Lipinski definition) is 3. The standard InChI is InChI=1S/C14H14N2O3S/c1-16-10-5-8-13(14(16)17)15-20(18,19)11-9-12-6-3-2-4-7-12/h2-11,15H,1H3. The quantitative estimate of drug-likeness (QED) is 0.933. The van der Waals surface area contributed by atoms with Crippen LogP contribution in [0.1, 0.15) is 5.56 Å². The van der Waals surface area contributed by atoms with E-state index >= 15 is 0 Å². The summed E-state index contributed by atoms with van der Waals surface area (Å²) in [5.41, 5.74) is 0.385. The van der Waals surface area contributed by atoms with Crippen LogP contribution in [0.25, 0.3) is 6.08 Å². The molecular weight excluding hydrogens is 276 g/mol. The summed E-state index contributed by atoms with van der Waals surface area (Å²) in [6.07, 6.45) is 3.02. The van der Waals surface area contributed by atoms with E-state index in [2.05, 4.69) is 4.72 Å². The van der Waals surface area contributed by atoms with Crippen molar-refractivity contribution in [3.05, 3.63) is 70.0 Å². The van der Waals surface area contributed by atoms with Gasteiger partial charge in [-0.2, -0.15) is 0 Å². The molecule has 1 N–H and O–H groups in total. The molecule has 0 unspecified atom stereocenters. The van der Waals surface area contributed by atoms with Gasteiger partial charge in [0.15, 0.2) is 0 Å². The van der Waals surface area contributed by atoms with Crippen LogP contribution in [0.5, 0.6) is 0 Å². The van der Waals surface area contributed by atoms with Gasteiger partial charge >= 0.3 is 0 Å². The average molecular weight is 290 g/mol. The number of aromatic nitrogens is 1. The Hall–Kier alpha value is -2.34. The predicted octanol–water partition coefficient (Wildman–Crippen LogP) is 1.80. The molecule has 104 valence electrons. The Kier molecular flexibility index (Phi) is 4.05. The zero-order valence-corrected chi connectivity index (χ0v) is 11.7. The molecule has 0 saturated carbocycles. The highest BCUT2D eigenvalue weighted by Gasteiger charge is 2.09. The van der Waals surface area contributed by atoms with Gasteiger partial charge in [0.25, 0.3) is 15.6 Å². The summed E-state index contributed by atoms with van der Waals surface area (Å²) >= 11 is 0. The number of pyridine rings is 1. The fourth-order valence-corrected chi connectivity index (χ4v) is 2.46. The van der Waals surface area contributed by atoms with E-state index in [1.54, 1.807) is 31.4 Å². The normalized spacial score (nSPS) is 11.7. The van der Waals surface area contributed by atoms with Crippen molar-refractivity contribution < 1.29 is 8.42 Å². The van der Waals surface area contributed by atoms with Crippen LogP contribution >= 0.6 is 0 Å². The third-order valence-electron chi connectivity index (χ3n) is 2.61. The molecule has 6 heteroatoms. The van der Waals surface area contributed by atoms with E-state index in [1.165, 1.54) is 16.7 Å². The molecule has 20 heavy (non-hydrogen) atoms. The largest absolute Gasteiger partial charge is 0.317 e. The fraction of sp³-hybridized carbons (Fsp3) is 0.0714. The summed E-state index contributed by atoms with van der Waals surface area (Å²) in [7, 11) is -2.16. The number of benzene rings is 1. The van der Waals surface area contributed by atoms with Crippen LogP contribution in [0.3, 0.4) is 0 Å². The Balaban J connectivity index is 2.22. The van der Waals surface area contributed by atoms with Gasteiger partial charge in [-0.05, 0) is 23.8 Å². The maximum Gasteiger partial charge on any atom is 0.274 e. The summed E-state index contributed by atoms with van der Waals surface area (Å²) in [5, 5.41) is 1.04. The molecule has 0 aliphatic rings. The molecule has 1 aromatic heterocycles. The van der Waals surface area contributed by atoms with E-state index in [4.69, 9.17) is 0 Å². The van der Waals surface area contributed by atoms with Gasteiger partial charge in [-0.3, -0.25) is 9.52 Å². The first-order valence-electron chi connectivity index (χ1n) is 5.89. The van der Waals surface area contributed by atoms with Crippen LogP contribution < -0.4 is 10.3 Å². The Morgan fingerprint density at radius 1 is 1.10 bits per heavy atom. The lowest BCUT2D eigenvalue weighted by Gasteiger charge is -2.05. The van der Waals surface area contributed by atoms with Gasteiger partial charge in [0, 0.05) is 13.2 Å². The van der Waals surface area contributed by atoms with Gasteiger partial charge < -0.3 is 4.57 Å². The average Bonchev–Trinajstić information content (AvgIpc) is 2.43. The zero-order valence-electron chi connectivity index (χ0n) is 10.9. The van der Waals surface area contributed by atoms with Crippen LogP contribution in [0, 0.1) is 0 Å². The predicted molar refractivity (Wildman–Crippen MR) is 79.7 cm³/mol.